The van der Waals surface area contributed by atoms with Gasteiger partial charge < -0.3 is 9.47 Å². The van der Waals surface area contributed by atoms with E-state index in [1.807, 2.05) is 12.1 Å². The van der Waals surface area contributed by atoms with E-state index in [9.17, 15) is 13.2 Å². The van der Waals surface area contributed by atoms with Crippen LogP contribution < -0.4 is 19.7 Å². The zero-order valence-electron chi connectivity index (χ0n) is 16.6. The van der Waals surface area contributed by atoms with Crippen LogP contribution >= 0.6 is 0 Å². The Morgan fingerprint density at radius 1 is 0.931 bits per heavy atom. The lowest BCUT2D eigenvalue weighted by Gasteiger charge is -2.22. The van der Waals surface area contributed by atoms with Crippen LogP contribution in [-0.4, -0.2) is 28.5 Å². The molecule has 2 N–H and O–H groups in total. The van der Waals surface area contributed by atoms with Gasteiger partial charge in [-0.05, 0) is 48.6 Å². The van der Waals surface area contributed by atoms with Gasteiger partial charge in [-0.1, -0.05) is 31.4 Å². The first kappa shape index (κ1) is 21.1. The van der Waals surface area contributed by atoms with Crippen LogP contribution in [0.1, 0.15) is 53.9 Å². The maximum Gasteiger partial charge on any atom is 0.266 e. The topological polar surface area (TPSA) is 93.7 Å². The van der Waals surface area contributed by atoms with Crippen LogP contribution in [0.3, 0.4) is 0 Å². The van der Waals surface area contributed by atoms with Gasteiger partial charge in [-0.15, -0.1) is 4.83 Å². The molecule has 29 heavy (non-hydrogen) atoms. The predicted molar refractivity (Wildman–Crippen MR) is 110 cm³/mol. The van der Waals surface area contributed by atoms with Crippen molar-refractivity contribution in [2.75, 3.05) is 14.2 Å². The van der Waals surface area contributed by atoms with E-state index in [0.717, 1.165) is 18.4 Å². The highest BCUT2D eigenvalue weighted by Crippen LogP contribution is 2.32. The van der Waals surface area contributed by atoms with E-state index in [1.54, 1.807) is 18.2 Å². The monoisotopic (exact) mass is 418 g/mol. The van der Waals surface area contributed by atoms with Crippen LogP contribution in [0.2, 0.25) is 0 Å². The van der Waals surface area contributed by atoms with Gasteiger partial charge in [-0.25, -0.2) is 8.42 Å². The SMILES string of the molecule is COc1cc(OC)cc(C(=O)NNS(=O)(=O)c2ccc(C3CCCCC3)cc2)c1. The Bertz CT molecular complexity index is 929. The molecule has 2 aromatic carbocycles. The summed E-state index contributed by atoms with van der Waals surface area (Å²) < 4.78 is 35.3. The molecular weight excluding hydrogens is 392 g/mol. The number of hydrazine groups is 1. The van der Waals surface area contributed by atoms with Crippen LogP contribution in [0.15, 0.2) is 47.4 Å². The van der Waals surface area contributed by atoms with Crippen molar-refractivity contribution in [1.82, 2.24) is 10.3 Å². The third kappa shape index (κ3) is 5.27. The Kier molecular flexibility index (Phi) is 6.76. The van der Waals surface area contributed by atoms with E-state index < -0.39 is 15.9 Å². The summed E-state index contributed by atoms with van der Waals surface area (Å²) in [6.45, 7) is 0. The fourth-order valence-electron chi connectivity index (χ4n) is 3.54. The minimum Gasteiger partial charge on any atom is -0.497 e. The van der Waals surface area contributed by atoms with Crippen molar-refractivity contribution in [2.24, 2.45) is 0 Å². The summed E-state index contributed by atoms with van der Waals surface area (Å²) in [6, 6.07) is 11.5. The Labute approximate surface area is 171 Å². The minimum absolute atomic E-state index is 0.0978. The maximum atomic E-state index is 12.5. The second kappa shape index (κ2) is 9.28. The minimum atomic E-state index is -3.89. The van der Waals surface area contributed by atoms with Crippen LogP contribution in [-0.2, 0) is 10.0 Å². The molecule has 1 saturated carbocycles. The predicted octanol–water partition coefficient (Wildman–Crippen LogP) is 3.37. The number of amides is 1. The lowest BCUT2D eigenvalue weighted by atomic mass is 9.84. The molecule has 0 unspecified atom stereocenters. The molecule has 0 bridgehead atoms. The quantitative estimate of drug-likeness (QED) is 0.673. The third-order valence-electron chi connectivity index (χ3n) is 5.18. The largest absolute Gasteiger partial charge is 0.497 e. The van der Waals surface area contributed by atoms with E-state index in [4.69, 9.17) is 9.47 Å². The number of nitrogens with one attached hydrogen (secondary N) is 2. The van der Waals surface area contributed by atoms with Crippen LogP contribution in [0.25, 0.3) is 0 Å². The molecule has 0 aliphatic heterocycles. The number of hydrogen-bond donors (Lipinski definition) is 2. The zero-order chi connectivity index (χ0) is 20.9. The second-order valence-corrected chi connectivity index (χ2v) is 8.75. The summed E-state index contributed by atoms with van der Waals surface area (Å²) in [5.41, 5.74) is 3.60. The number of carbonyl (C=O) groups is 1. The number of methoxy groups -OCH3 is 2. The number of rotatable bonds is 7. The van der Waals surface area contributed by atoms with E-state index in [-0.39, 0.29) is 10.5 Å². The summed E-state index contributed by atoms with van der Waals surface area (Å²) >= 11 is 0. The van der Waals surface area contributed by atoms with Gasteiger partial charge in [0.15, 0.2) is 0 Å². The number of carbonyl (C=O) groups excluding carboxylic acids is 1. The summed E-state index contributed by atoms with van der Waals surface area (Å²) in [4.78, 5) is 14.6. The molecule has 0 atom stereocenters. The van der Waals surface area contributed by atoms with Gasteiger partial charge in [-0.2, -0.15) is 0 Å². The van der Waals surface area contributed by atoms with Gasteiger partial charge in [0.2, 0.25) is 0 Å². The highest BCUT2D eigenvalue weighted by atomic mass is 32.2. The summed E-state index contributed by atoms with van der Waals surface area (Å²) in [5.74, 6) is 0.729. The molecule has 0 aromatic heterocycles. The second-order valence-electron chi connectivity index (χ2n) is 7.06. The van der Waals surface area contributed by atoms with Crippen molar-refractivity contribution < 1.29 is 22.7 Å². The standard InChI is InChI=1S/C21H26N2O5S/c1-27-18-12-17(13-19(14-18)28-2)21(24)22-23-29(25,26)20-10-8-16(9-11-20)15-6-4-3-5-7-15/h8-15,23H,3-7H2,1-2H3,(H,22,24). The molecule has 0 spiro atoms. The number of sulfonamides is 1. The number of hydrogen-bond acceptors (Lipinski definition) is 5. The average molecular weight is 419 g/mol. The Balaban J connectivity index is 1.67. The zero-order valence-corrected chi connectivity index (χ0v) is 17.4. The molecule has 0 heterocycles. The molecule has 1 aliphatic carbocycles. The van der Waals surface area contributed by atoms with Gasteiger partial charge >= 0.3 is 0 Å². The van der Waals surface area contributed by atoms with Gasteiger partial charge in [0.1, 0.15) is 11.5 Å². The molecule has 3 rings (SSSR count). The normalized spacial score (nSPS) is 15.0. The van der Waals surface area contributed by atoms with Crippen molar-refractivity contribution in [2.45, 2.75) is 42.9 Å². The lowest BCUT2D eigenvalue weighted by molar-refractivity contribution is 0.0944. The Morgan fingerprint density at radius 3 is 2.07 bits per heavy atom. The summed E-state index contributed by atoms with van der Waals surface area (Å²) in [5, 5.41) is 0. The molecule has 7 nitrogen and oxygen atoms in total. The average Bonchev–Trinajstić information content (AvgIpc) is 2.77. The molecule has 156 valence electrons. The van der Waals surface area contributed by atoms with E-state index in [2.05, 4.69) is 10.3 Å². The van der Waals surface area contributed by atoms with Crippen LogP contribution in [0.4, 0.5) is 0 Å². The molecule has 8 heteroatoms. The van der Waals surface area contributed by atoms with Crippen molar-refractivity contribution >= 4 is 15.9 Å². The van der Waals surface area contributed by atoms with Crippen LogP contribution in [0, 0.1) is 0 Å². The Hall–Kier alpha value is -2.58. The smallest absolute Gasteiger partial charge is 0.266 e. The van der Waals surface area contributed by atoms with E-state index in [0.29, 0.717) is 17.4 Å². The lowest BCUT2D eigenvalue weighted by Crippen LogP contribution is -2.41. The number of benzene rings is 2. The summed E-state index contributed by atoms with van der Waals surface area (Å²) in [7, 11) is -0.950. The molecule has 2 aromatic rings. The fourth-order valence-corrected chi connectivity index (χ4v) is 4.38. The van der Waals surface area contributed by atoms with Crippen molar-refractivity contribution in [3.05, 3.63) is 53.6 Å². The Morgan fingerprint density at radius 2 is 1.52 bits per heavy atom. The first-order valence-electron chi connectivity index (χ1n) is 9.58. The van der Waals surface area contributed by atoms with Gasteiger partial charge in [0.25, 0.3) is 15.9 Å². The van der Waals surface area contributed by atoms with Crippen molar-refractivity contribution in [1.29, 1.82) is 0 Å². The van der Waals surface area contributed by atoms with Crippen molar-refractivity contribution in [3.8, 4) is 11.5 Å². The molecule has 0 radical (unpaired) electrons. The van der Waals surface area contributed by atoms with Gasteiger partial charge in [0, 0.05) is 11.6 Å². The summed E-state index contributed by atoms with van der Waals surface area (Å²) in [6.07, 6.45) is 5.99. The fraction of sp³-hybridized carbons (Fsp3) is 0.381. The van der Waals surface area contributed by atoms with E-state index in [1.165, 1.54) is 45.6 Å². The van der Waals surface area contributed by atoms with Gasteiger partial charge in [0.05, 0.1) is 19.1 Å². The molecule has 0 saturated heterocycles. The highest BCUT2D eigenvalue weighted by molar-refractivity contribution is 7.89. The first-order valence-corrected chi connectivity index (χ1v) is 11.1. The van der Waals surface area contributed by atoms with Crippen molar-refractivity contribution in [3.63, 3.8) is 0 Å². The molecule has 1 amide bonds. The maximum absolute atomic E-state index is 12.5. The highest BCUT2D eigenvalue weighted by Gasteiger charge is 2.19. The third-order valence-corrected chi connectivity index (χ3v) is 6.44. The van der Waals surface area contributed by atoms with E-state index >= 15 is 0 Å². The molecule has 1 aliphatic rings. The van der Waals surface area contributed by atoms with Gasteiger partial charge in [-0.3, -0.25) is 10.2 Å². The van der Waals surface area contributed by atoms with Crippen LogP contribution in [0.5, 0.6) is 11.5 Å². The first-order chi connectivity index (χ1) is 13.9. The molecular formula is C21H26N2O5S. The number of ether oxygens (including phenoxy) is 2. The molecule has 1 fully saturated rings.